The molecule has 0 radical (unpaired) electrons. The predicted octanol–water partition coefficient (Wildman–Crippen LogP) is 3.53. The molecule has 0 saturated carbocycles. The Morgan fingerprint density at radius 1 is 1.07 bits per heavy atom. The summed E-state index contributed by atoms with van der Waals surface area (Å²) in [5.74, 6) is 0.609. The van der Waals surface area contributed by atoms with Gasteiger partial charge in [0.15, 0.2) is 0 Å². The first-order valence-corrected chi connectivity index (χ1v) is 10.0. The van der Waals surface area contributed by atoms with Crippen LogP contribution in [-0.4, -0.2) is 31.0 Å². The van der Waals surface area contributed by atoms with E-state index in [1.807, 2.05) is 19.1 Å². The van der Waals surface area contributed by atoms with Crippen LogP contribution in [0.25, 0.3) is 33.4 Å². The zero-order chi connectivity index (χ0) is 21.3. The largest absolute Gasteiger partial charge is 0.330 e. The van der Waals surface area contributed by atoms with Gasteiger partial charge in [-0.05, 0) is 38.9 Å². The molecule has 4 aromatic rings. The van der Waals surface area contributed by atoms with E-state index in [4.69, 9.17) is 17.3 Å². The van der Waals surface area contributed by atoms with Crippen molar-refractivity contribution in [3.63, 3.8) is 0 Å². The van der Waals surface area contributed by atoms with Crippen LogP contribution in [-0.2, 0) is 6.54 Å². The van der Waals surface area contributed by atoms with Crippen LogP contribution in [0.3, 0.4) is 0 Å². The van der Waals surface area contributed by atoms with Crippen LogP contribution in [0.5, 0.6) is 0 Å². The lowest BCUT2D eigenvalue weighted by Crippen LogP contribution is -2.24. The van der Waals surface area contributed by atoms with Gasteiger partial charge in [0, 0.05) is 46.0 Å². The van der Waals surface area contributed by atoms with Gasteiger partial charge in [0.05, 0.1) is 17.6 Å². The van der Waals surface area contributed by atoms with Crippen molar-refractivity contribution in [2.75, 3.05) is 6.54 Å². The van der Waals surface area contributed by atoms with Gasteiger partial charge in [-0.15, -0.1) is 0 Å². The van der Waals surface area contributed by atoms with E-state index in [0.717, 1.165) is 22.3 Å². The van der Waals surface area contributed by atoms with E-state index >= 15 is 0 Å². The molecule has 30 heavy (non-hydrogen) atoms. The highest BCUT2D eigenvalue weighted by Gasteiger charge is 2.16. The van der Waals surface area contributed by atoms with Crippen LogP contribution in [0.4, 0.5) is 0 Å². The molecule has 3 aromatic heterocycles. The Kier molecular flexibility index (Phi) is 5.57. The van der Waals surface area contributed by atoms with E-state index in [9.17, 15) is 4.79 Å². The highest BCUT2D eigenvalue weighted by atomic mass is 35.5. The van der Waals surface area contributed by atoms with Crippen molar-refractivity contribution >= 4 is 22.6 Å². The van der Waals surface area contributed by atoms with Gasteiger partial charge in [-0.3, -0.25) is 14.3 Å². The minimum absolute atomic E-state index is 0.154. The van der Waals surface area contributed by atoms with Gasteiger partial charge in [0.1, 0.15) is 11.5 Å². The lowest BCUT2D eigenvalue weighted by molar-refractivity contribution is 0.645. The molecule has 0 bridgehead atoms. The fraction of sp³-hybridized carbons (Fsp3) is 0.227. The average molecular weight is 421 g/mol. The van der Waals surface area contributed by atoms with E-state index in [1.165, 1.54) is 0 Å². The Hall–Kier alpha value is -3.16. The van der Waals surface area contributed by atoms with Crippen molar-refractivity contribution in [2.24, 2.45) is 5.73 Å². The molecule has 1 aromatic carbocycles. The number of halogens is 1. The second-order valence-electron chi connectivity index (χ2n) is 7.09. The van der Waals surface area contributed by atoms with Crippen LogP contribution in [0.15, 0.2) is 47.7 Å². The zero-order valence-electron chi connectivity index (χ0n) is 16.8. The maximum atomic E-state index is 13.3. The number of benzene rings is 1. The summed E-state index contributed by atoms with van der Waals surface area (Å²) >= 11 is 6.61. The van der Waals surface area contributed by atoms with Crippen molar-refractivity contribution in [1.29, 1.82) is 0 Å². The Bertz CT molecular complexity index is 1300. The highest BCUT2D eigenvalue weighted by molar-refractivity contribution is 6.33. The minimum atomic E-state index is -0.154. The van der Waals surface area contributed by atoms with Gasteiger partial charge in [-0.2, -0.15) is 0 Å². The fourth-order valence-electron chi connectivity index (χ4n) is 3.39. The van der Waals surface area contributed by atoms with Crippen LogP contribution >= 0.6 is 11.6 Å². The third kappa shape index (κ3) is 3.81. The average Bonchev–Trinajstić information content (AvgIpc) is 2.73. The van der Waals surface area contributed by atoms with Gasteiger partial charge in [-0.25, -0.2) is 15.0 Å². The number of aromatic nitrogens is 5. The molecule has 4 rings (SSSR count). The number of hydrogen-bond donors (Lipinski definition) is 1. The summed E-state index contributed by atoms with van der Waals surface area (Å²) < 4.78 is 1.66. The van der Waals surface area contributed by atoms with Crippen LogP contribution in [0, 0.1) is 13.8 Å². The molecule has 0 spiro atoms. The summed E-state index contributed by atoms with van der Waals surface area (Å²) in [6, 6.07) is 7.33. The smallest absolute Gasteiger partial charge is 0.260 e. The normalized spacial score (nSPS) is 11.2. The second kappa shape index (κ2) is 8.30. The third-order valence-electron chi connectivity index (χ3n) is 4.84. The quantitative estimate of drug-likeness (QED) is 0.530. The SMILES string of the molecule is Cc1cncc(-c2ccc(-c3cc4cnc(C)nc4n(CCCN)c3=O)c(Cl)c2)n1. The summed E-state index contributed by atoms with van der Waals surface area (Å²) in [7, 11) is 0. The number of pyridine rings is 1. The Labute approximate surface area is 178 Å². The fourth-order valence-corrected chi connectivity index (χ4v) is 3.67. The molecule has 0 unspecified atom stereocenters. The van der Waals surface area contributed by atoms with Crippen molar-refractivity contribution in [3.8, 4) is 22.4 Å². The van der Waals surface area contributed by atoms with Crippen LogP contribution in [0.2, 0.25) is 5.02 Å². The highest BCUT2D eigenvalue weighted by Crippen LogP contribution is 2.31. The number of fused-ring (bicyclic) bond motifs is 1. The second-order valence-corrected chi connectivity index (χ2v) is 7.50. The predicted molar refractivity (Wildman–Crippen MR) is 118 cm³/mol. The zero-order valence-corrected chi connectivity index (χ0v) is 17.5. The van der Waals surface area contributed by atoms with Crippen molar-refractivity contribution < 1.29 is 0 Å². The maximum absolute atomic E-state index is 13.3. The summed E-state index contributed by atoms with van der Waals surface area (Å²) in [4.78, 5) is 30.8. The van der Waals surface area contributed by atoms with E-state index in [0.29, 0.717) is 47.1 Å². The topological polar surface area (TPSA) is 99.6 Å². The maximum Gasteiger partial charge on any atom is 0.260 e. The summed E-state index contributed by atoms with van der Waals surface area (Å²) in [5, 5.41) is 1.24. The first kappa shape index (κ1) is 20.1. The Morgan fingerprint density at radius 3 is 2.63 bits per heavy atom. The summed E-state index contributed by atoms with van der Waals surface area (Å²) in [6.45, 7) is 4.64. The monoisotopic (exact) mass is 420 g/mol. The van der Waals surface area contributed by atoms with E-state index in [1.54, 1.807) is 42.2 Å². The lowest BCUT2D eigenvalue weighted by Gasteiger charge is -2.13. The molecule has 0 aliphatic heterocycles. The third-order valence-corrected chi connectivity index (χ3v) is 5.16. The molecule has 3 heterocycles. The number of aryl methyl sites for hydroxylation is 3. The Balaban J connectivity index is 1.88. The minimum Gasteiger partial charge on any atom is -0.330 e. The molecule has 0 atom stereocenters. The molecule has 7 nitrogen and oxygen atoms in total. The van der Waals surface area contributed by atoms with Crippen molar-refractivity contribution in [2.45, 2.75) is 26.8 Å². The van der Waals surface area contributed by atoms with Gasteiger partial charge in [0.2, 0.25) is 0 Å². The molecular weight excluding hydrogens is 400 g/mol. The number of rotatable bonds is 5. The van der Waals surface area contributed by atoms with Crippen molar-refractivity contribution in [1.82, 2.24) is 24.5 Å². The molecule has 0 saturated heterocycles. The van der Waals surface area contributed by atoms with E-state index < -0.39 is 0 Å². The molecule has 0 aliphatic carbocycles. The van der Waals surface area contributed by atoms with Crippen molar-refractivity contribution in [3.05, 3.63) is 69.8 Å². The molecule has 0 fully saturated rings. The Morgan fingerprint density at radius 2 is 1.90 bits per heavy atom. The van der Waals surface area contributed by atoms with Crippen LogP contribution < -0.4 is 11.3 Å². The molecule has 152 valence electrons. The van der Waals surface area contributed by atoms with Gasteiger partial charge >= 0.3 is 0 Å². The first-order chi connectivity index (χ1) is 14.5. The van der Waals surface area contributed by atoms with Gasteiger partial charge in [-0.1, -0.05) is 23.7 Å². The molecule has 8 heteroatoms. The molecular formula is C22H21ClN6O. The summed E-state index contributed by atoms with van der Waals surface area (Å²) in [5.41, 5.74) is 9.66. The number of nitrogens with zero attached hydrogens (tertiary/aromatic N) is 5. The van der Waals surface area contributed by atoms with Gasteiger partial charge < -0.3 is 5.73 Å². The number of hydrogen-bond acceptors (Lipinski definition) is 6. The summed E-state index contributed by atoms with van der Waals surface area (Å²) in [6.07, 6.45) is 5.78. The van der Waals surface area contributed by atoms with Crippen LogP contribution in [0.1, 0.15) is 17.9 Å². The first-order valence-electron chi connectivity index (χ1n) is 9.64. The number of nitrogens with two attached hydrogens (primary N) is 1. The molecule has 0 aliphatic rings. The van der Waals surface area contributed by atoms with E-state index in [2.05, 4.69) is 19.9 Å². The lowest BCUT2D eigenvalue weighted by atomic mass is 10.0. The molecule has 2 N–H and O–H groups in total. The van der Waals surface area contributed by atoms with Gasteiger partial charge in [0.25, 0.3) is 5.56 Å². The molecule has 0 amide bonds. The van der Waals surface area contributed by atoms with E-state index in [-0.39, 0.29) is 5.56 Å². The standard InChI is InChI=1S/C22H21ClN6O/c1-13-10-25-12-20(27-13)15-4-5-17(19(23)9-15)18-8-16-11-26-14(2)28-21(16)29(22(18)30)7-3-6-24/h4-5,8-12H,3,6-7,24H2,1-2H3.